The Labute approximate surface area is 160 Å². The Kier molecular flexibility index (Phi) is 5.46. The summed E-state index contributed by atoms with van der Waals surface area (Å²) in [4.78, 5) is 21.0. The molecular formula is C17H23N5O2S2. The summed E-state index contributed by atoms with van der Waals surface area (Å²) in [7, 11) is 0. The fraction of sp³-hybridized carbons (Fsp3) is 0.647. The molecule has 2 aliphatic rings. The second-order valence-corrected chi connectivity index (χ2v) is 8.99. The van der Waals surface area contributed by atoms with Crippen molar-refractivity contribution in [3.05, 3.63) is 20.6 Å². The van der Waals surface area contributed by atoms with E-state index in [1.54, 1.807) is 22.7 Å². The second kappa shape index (κ2) is 7.98. The van der Waals surface area contributed by atoms with Gasteiger partial charge in [0.15, 0.2) is 5.13 Å². The molecule has 1 aliphatic carbocycles. The van der Waals surface area contributed by atoms with Crippen molar-refractivity contribution in [3.8, 4) is 0 Å². The number of ether oxygens (including phenoxy) is 1. The summed E-state index contributed by atoms with van der Waals surface area (Å²) in [6.45, 7) is 5.90. The minimum absolute atomic E-state index is 0.0262. The standard InChI is InChI=1S/C17H23N5O2S2/c1-11-20-21-15(25-11)4-5-18-16(23)12-2-3-14-13(10-12)19-17(26-14)22-6-8-24-9-7-22/h12H,2-10H2,1H3,(H,18,23). The molecule has 1 aliphatic heterocycles. The van der Waals surface area contributed by atoms with E-state index in [4.69, 9.17) is 9.72 Å². The summed E-state index contributed by atoms with van der Waals surface area (Å²) < 4.78 is 5.42. The van der Waals surface area contributed by atoms with Gasteiger partial charge in [0.25, 0.3) is 0 Å². The summed E-state index contributed by atoms with van der Waals surface area (Å²) in [6.07, 6.45) is 3.35. The lowest BCUT2D eigenvalue weighted by atomic mass is 9.90. The first-order chi connectivity index (χ1) is 12.7. The molecule has 3 heterocycles. The summed E-state index contributed by atoms with van der Waals surface area (Å²) in [5.41, 5.74) is 1.11. The van der Waals surface area contributed by atoms with Crippen LogP contribution >= 0.6 is 22.7 Å². The van der Waals surface area contributed by atoms with Crippen molar-refractivity contribution >= 4 is 33.7 Å². The van der Waals surface area contributed by atoms with E-state index in [2.05, 4.69) is 20.4 Å². The summed E-state index contributed by atoms with van der Waals surface area (Å²) in [6, 6.07) is 0. The van der Waals surface area contributed by atoms with Crippen LogP contribution in [0.5, 0.6) is 0 Å². The molecule has 1 atom stereocenters. The predicted molar refractivity (Wildman–Crippen MR) is 102 cm³/mol. The Morgan fingerprint density at radius 1 is 1.31 bits per heavy atom. The maximum atomic E-state index is 12.5. The molecule has 1 unspecified atom stereocenters. The predicted octanol–water partition coefficient (Wildman–Crippen LogP) is 1.60. The van der Waals surface area contributed by atoms with E-state index in [-0.39, 0.29) is 11.8 Å². The number of rotatable bonds is 5. The largest absolute Gasteiger partial charge is 0.378 e. The Bertz CT molecular complexity index is 769. The van der Waals surface area contributed by atoms with E-state index in [0.717, 1.165) is 72.8 Å². The number of nitrogens with one attached hydrogen (secondary N) is 1. The topological polar surface area (TPSA) is 80.2 Å². The van der Waals surface area contributed by atoms with Crippen molar-refractivity contribution in [1.29, 1.82) is 0 Å². The van der Waals surface area contributed by atoms with Crippen molar-refractivity contribution < 1.29 is 9.53 Å². The Balaban J connectivity index is 1.31. The van der Waals surface area contributed by atoms with Crippen molar-refractivity contribution in [3.63, 3.8) is 0 Å². The summed E-state index contributed by atoms with van der Waals surface area (Å²) in [5, 5.41) is 14.2. The second-order valence-electron chi connectivity index (χ2n) is 6.66. The van der Waals surface area contributed by atoms with Crippen LogP contribution in [-0.4, -0.2) is 53.9 Å². The van der Waals surface area contributed by atoms with Gasteiger partial charge >= 0.3 is 0 Å². The van der Waals surface area contributed by atoms with Gasteiger partial charge in [-0.05, 0) is 19.8 Å². The molecule has 1 saturated heterocycles. The first-order valence-corrected chi connectivity index (χ1v) is 10.7. The minimum atomic E-state index is 0.0262. The average molecular weight is 394 g/mol. The molecule has 0 radical (unpaired) electrons. The summed E-state index contributed by atoms with van der Waals surface area (Å²) >= 11 is 3.37. The number of fused-ring (bicyclic) bond motifs is 1. The third-order valence-electron chi connectivity index (χ3n) is 4.78. The third-order valence-corrected chi connectivity index (χ3v) is 6.90. The fourth-order valence-corrected chi connectivity index (χ4v) is 5.22. The molecule has 0 bridgehead atoms. The zero-order valence-corrected chi connectivity index (χ0v) is 16.5. The van der Waals surface area contributed by atoms with Crippen LogP contribution < -0.4 is 10.2 Å². The van der Waals surface area contributed by atoms with Crippen molar-refractivity contribution in [2.75, 3.05) is 37.7 Å². The van der Waals surface area contributed by atoms with Crippen LogP contribution in [0.4, 0.5) is 5.13 Å². The van der Waals surface area contributed by atoms with Gasteiger partial charge in [-0.3, -0.25) is 4.79 Å². The van der Waals surface area contributed by atoms with E-state index in [1.165, 1.54) is 4.88 Å². The molecule has 26 heavy (non-hydrogen) atoms. The monoisotopic (exact) mass is 393 g/mol. The number of aryl methyl sites for hydroxylation is 2. The quantitative estimate of drug-likeness (QED) is 0.831. The zero-order valence-electron chi connectivity index (χ0n) is 14.9. The lowest BCUT2D eigenvalue weighted by Crippen LogP contribution is -2.36. The molecule has 2 aromatic rings. The van der Waals surface area contributed by atoms with Gasteiger partial charge in [-0.15, -0.1) is 32.9 Å². The van der Waals surface area contributed by atoms with Crippen molar-refractivity contribution in [2.24, 2.45) is 5.92 Å². The molecule has 2 aromatic heterocycles. The van der Waals surface area contributed by atoms with Gasteiger partial charge in [0.2, 0.25) is 5.91 Å². The van der Waals surface area contributed by atoms with Crippen molar-refractivity contribution in [2.45, 2.75) is 32.6 Å². The van der Waals surface area contributed by atoms with E-state index in [1.807, 2.05) is 6.92 Å². The first kappa shape index (κ1) is 17.8. The maximum absolute atomic E-state index is 12.5. The van der Waals surface area contributed by atoms with Gasteiger partial charge in [-0.1, -0.05) is 0 Å². The molecule has 7 nitrogen and oxygen atoms in total. The normalized spacial score (nSPS) is 20.0. The number of anilines is 1. The molecular weight excluding hydrogens is 370 g/mol. The number of amides is 1. The van der Waals surface area contributed by atoms with Gasteiger partial charge < -0.3 is 15.0 Å². The molecule has 4 rings (SSSR count). The van der Waals surface area contributed by atoms with E-state index >= 15 is 0 Å². The van der Waals surface area contributed by atoms with Crippen LogP contribution in [0, 0.1) is 12.8 Å². The number of aromatic nitrogens is 3. The first-order valence-electron chi connectivity index (χ1n) is 9.07. The molecule has 140 valence electrons. The number of hydrogen-bond donors (Lipinski definition) is 1. The van der Waals surface area contributed by atoms with E-state index in [0.29, 0.717) is 6.54 Å². The van der Waals surface area contributed by atoms with Gasteiger partial charge in [-0.25, -0.2) is 4.98 Å². The molecule has 9 heteroatoms. The highest BCUT2D eigenvalue weighted by molar-refractivity contribution is 7.15. The highest BCUT2D eigenvalue weighted by Crippen LogP contribution is 2.34. The number of morpholine rings is 1. The summed E-state index contributed by atoms with van der Waals surface area (Å²) in [5.74, 6) is 0.163. The van der Waals surface area contributed by atoms with E-state index in [9.17, 15) is 4.79 Å². The zero-order chi connectivity index (χ0) is 17.9. The van der Waals surface area contributed by atoms with E-state index < -0.39 is 0 Å². The molecule has 0 aromatic carbocycles. The van der Waals surface area contributed by atoms with Crippen molar-refractivity contribution in [1.82, 2.24) is 20.5 Å². The lowest BCUT2D eigenvalue weighted by Gasteiger charge is -2.26. The lowest BCUT2D eigenvalue weighted by molar-refractivity contribution is -0.125. The van der Waals surface area contributed by atoms with Gasteiger partial charge in [0.1, 0.15) is 10.0 Å². The number of nitrogens with zero attached hydrogens (tertiary/aromatic N) is 4. The van der Waals surface area contributed by atoms with Crippen LogP contribution in [0.2, 0.25) is 0 Å². The van der Waals surface area contributed by atoms with Gasteiger partial charge in [-0.2, -0.15) is 0 Å². The van der Waals surface area contributed by atoms with Crippen LogP contribution in [-0.2, 0) is 28.8 Å². The Morgan fingerprint density at radius 3 is 2.92 bits per heavy atom. The molecule has 0 saturated carbocycles. The Morgan fingerprint density at radius 2 is 2.15 bits per heavy atom. The minimum Gasteiger partial charge on any atom is -0.378 e. The number of carbonyl (C=O) groups excluding carboxylic acids is 1. The molecule has 1 fully saturated rings. The molecule has 1 amide bonds. The van der Waals surface area contributed by atoms with Crippen LogP contribution in [0.1, 0.15) is 27.0 Å². The number of hydrogen-bond acceptors (Lipinski definition) is 8. The van der Waals surface area contributed by atoms with Gasteiger partial charge in [0, 0.05) is 43.3 Å². The van der Waals surface area contributed by atoms with Gasteiger partial charge in [0.05, 0.1) is 18.9 Å². The smallest absolute Gasteiger partial charge is 0.223 e. The third kappa shape index (κ3) is 4.05. The van der Waals surface area contributed by atoms with Crippen LogP contribution in [0.3, 0.4) is 0 Å². The molecule has 0 spiro atoms. The number of carbonyl (C=O) groups is 1. The fourth-order valence-electron chi connectivity index (χ4n) is 3.35. The highest BCUT2D eigenvalue weighted by atomic mass is 32.1. The maximum Gasteiger partial charge on any atom is 0.223 e. The number of thiazole rings is 1. The molecule has 1 N–H and O–H groups in total. The average Bonchev–Trinajstić information content (AvgIpc) is 3.27. The Hall–Kier alpha value is -1.58. The van der Waals surface area contributed by atoms with Crippen LogP contribution in [0.15, 0.2) is 0 Å². The SMILES string of the molecule is Cc1nnc(CCNC(=O)C2CCc3sc(N4CCOCC4)nc3C2)s1. The highest BCUT2D eigenvalue weighted by Gasteiger charge is 2.28. The van der Waals surface area contributed by atoms with Crippen LogP contribution in [0.25, 0.3) is 0 Å².